The smallest absolute Gasteiger partial charge is 0.302 e. The van der Waals surface area contributed by atoms with Crippen molar-refractivity contribution in [3.63, 3.8) is 0 Å². The van der Waals surface area contributed by atoms with E-state index in [1.54, 1.807) is 6.92 Å². The number of hydrogen-bond donors (Lipinski definition) is 2. The van der Waals surface area contributed by atoms with Crippen molar-refractivity contribution < 1.29 is 29.3 Å². The van der Waals surface area contributed by atoms with Crippen molar-refractivity contribution in [3.05, 3.63) is 0 Å². The Hall–Kier alpha value is -1.27. The van der Waals surface area contributed by atoms with Gasteiger partial charge in [-0.05, 0) is 44.4 Å². The largest absolute Gasteiger partial charge is 0.465 e. The fourth-order valence-electron chi connectivity index (χ4n) is 6.78. The van der Waals surface area contributed by atoms with Crippen LogP contribution in [-0.2, 0) is 19.1 Å². The highest BCUT2D eigenvalue weighted by Crippen LogP contribution is 2.61. The van der Waals surface area contributed by atoms with Gasteiger partial charge in [0.1, 0.15) is 11.4 Å². The van der Waals surface area contributed by atoms with E-state index >= 15 is 0 Å². The van der Waals surface area contributed by atoms with Gasteiger partial charge in [-0.15, -0.1) is 0 Å². The predicted octanol–water partition coefficient (Wildman–Crippen LogP) is 2.92. The Labute approximate surface area is 174 Å². The number of aliphatic hydroxyl groups is 2. The molecule has 6 nitrogen and oxygen atoms in total. The molecule has 0 radical (unpaired) electrons. The van der Waals surface area contributed by atoms with Gasteiger partial charge < -0.3 is 14.9 Å². The summed E-state index contributed by atoms with van der Waals surface area (Å²) in [5.74, 6) is -2.27. The molecule has 2 fully saturated rings. The van der Waals surface area contributed by atoms with E-state index in [0.29, 0.717) is 6.42 Å². The number of ketones is 2. The summed E-state index contributed by atoms with van der Waals surface area (Å²) in [6.45, 7) is 12.4. The van der Waals surface area contributed by atoms with Gasteiger partial charge in [0.25, 0.3) is 0 Å². The molecule has 2 aliphatic rings. The first kappa shape index (κ1) is 24.0. The Bertz CT molecular complexity index is 666. The summed E-state index contributed by atoms with van der Waals surface area (Å²) in [7, 11) is 0. The number of hydrogen-bond acceptors (Lipinski definition) is 6. The number of carbonyl (C=O) groups is 3. The Morgan fingerprint density at radius 2 is 1.79 bits per heavy atom. The Morgan fingerprint density at radius 1 is 1.21 bits per heavy atom. The lowest BCUT2D eigenvalue weighted by Gasteiger charge is -2.61. The lowest BCUT2D eigenvalue weighted by atomic mass is 9.42. The van der Waals surface area contributed by atoms with E-state index in [9.17, 15) is 24.6 Å². The van der Waals surface area contributed by atoms with Crippen LogP contribution in [0.25, 0.3) is 0 Å². The summed E-state index contributed by atoms with van der Waals surface area (Å²) >= 11 is 0. The first-order valence-electron chi connectivity index (χ1n) is 10.9. The molecule has 0 aromatic rings. The van der Waals surface area contributed by atoms with E-state index in [0.717, 1.165) is 6.42 Å². The zero-order valence-electron chi connectivity index (χ0n) is 18.9. The van der Waals surface area contributed by atoms with Gasteiger partial charge in [0, 0.05) is 30.6 Å². The molecular weight excluding hydrogens is 372 g/mol. The molecule has 29 heavy (non-hydrogen) atoms. The number of Topliss-reactive ketones (excluding diaryl/α,β-unsaturated/α-hetero) is 2. The first-order chi connectivity index (χ1) is 13.2. The number of ether oxygens (including phenoxy) is 1. The van der Waals surface area contributed by atoms with Crippen molar-refractivity contribution >= 4 is 17.5 Å². The number of fused-ring (bicyclic) bond motifs is 1. The maximum atomic E-state index is 13.6. The minimum atomic E-state index is -1.66. The average molecular weight is 411 g/mol. The van der Waals surface area contributed by atoms with Crippen LogP contribution in [0.2, 0.25) is 0 Å². The molecule has 2 saturated carbocycles. The standard InChI is InChI=1S/C23H38O6/c1-8-13(2)19-22(6,17(25)9-10-29-15(4)24)18-14(3)11-21(5,27)12-16(18)20(26)23(19,7)28/h13-14,16,18-19,27-28H,8-12H2,1-7H3/t13-,14-,16+,18-,19-,21-,22-,23+/m1/s1. The molecule has 2 N–H and O–H groups in total. The highest BCUT2D eigenvalue weighted by molar-refractivity contribution is 5.95. The Morgan fingerprint density at radius 3 is 2.31 bits per heavy atom. The SMILES string of the molecule is CC[C@@H](C)[C@@H]1[C@](C)(C(=O)CCOC(C)=O)[C@@H]2[C@H](C)C[C@@](C)(O)C[C@@H]2C(=O)[C@@]1(C)O. The van der Waals surface area contributed by atoms with Crippen molar-refractivity contribution in [2.75, 3.05) is 6.61 Å². The molecular formula is C23H38O6. The van der Waals surface area contributed by atoms with Gasteiger partial charge in [-0.25, -0.2) is 0 Å². The van der Waals surface area contributed by atoms with E-state index in [-0.39, 0.29) is 48.8 Å². The molecule has 0 saturated heterocycles. The van der Waals surface area contributed by atoms with Crippen LogP contribution in [0.5, 0.6) is 0 Å². The monoisotopic (exact) mass is 410 g/mol. The molecule has 6 heteroatoms. The minimum Gasteiger partial charge on any atom is -0.465 e. The van der Waals surface area contributed by atoms with Crippen molar-refractivity contribution in [1.82, 2.24) is 0 Å². The lowest BCUT2D eigenvalue weighted by molar-refractivity contribution is -0.205. The third kappa shape index (κ3) is 4.15. The molecule has 0 aliphatic heterocycles. The normalized spacial score (nSPS) is 43.4. The second-order valence-electron chi connectivity index (χ2n) is 10.2. The quantitative estimate of drug-likeness (QED) is 0.653. The summed E-state index contributed by atoms with van der Waals surface area (Å²) < 4.78 is 5.01. The first-order valence-corrected chi connectivity index (χ1v) is 10.9. The maximum Gasteiger partial charge on any atom is 0.302 e. The predicted molar refractivity (Wildman–Crippen MR) is 109 cm³/mol. The molecule has 0 amide bonds. The average Bonchev–Trinajstić information content (AvgIpc) is 2.57. The van der Waals surface area contributed by atoms with E-state index in [1.165, 1.54) is 13.8 Å². The second kappa shape index (κ2) is 8.10. The highest BCUT2D eigenvalue weighted by Gasteiger charge is 2.67. The molecule has 0 aromatic heterocycles. The van der Waals surface area contributed by atoms with Crippen molar-refractivity contribution in [2.24, 2.45) is 35.0 Å². The van der Waals surface area contributed by atoms with Crippen molar-refractivity contribution in [2.45, 2.75) is 85.4 Å². The van der Waals surface area contributed by atoms with E-state index in [4.69, 9.17) is 4.74 Å². The van der Waals surface area contributed by atoms with Gasteiger partial charge in [0.2, 0.25) is 0 Å². The van der Waals surface area contributed by atoms with Crippen molar-refractivity contribution in [3.8, 4) is 0 Å². The Balaban J connectivity index is 2.57. The van der Waals surface area contributed by atoms with Crippen LogP contribution in [0.1, 0.15) is 74.1 Å². The second-order valence-corrected chi connectivity index (χ2v) is 10.2. The number of esters is 1. The van der Waals surface area contributed by atoms with Gasteiger partial charge in [0.15, 0.2) is 5.78 Å². The van der Waals surface area contributed by atoms with Crippen LogP contribution in [0.4, 0.5) is 0 Å². The summed E-state index contributed by atoms with van der Waals surface area (Å²) in [6, 6.07) is 0. The summed E-state index contributed by atoms with van der Waals surface area (Å²) in [4.78, 5) is 38.2. The lowest BCUT2D eigenvalue weighted by Crippen LogP contribution is -2.69. The maximum absolute atomic E-state index is 13.6. The van der Waals surface area contributed by atoms with Crippen LogP contribution >= 0.6 is 0 Å². The van der Waals surface area contributed by atoms with Gasteiger partial charge in [-0.2, -0.15) is 0 Å². The fraction of sp³-hybridized carbons (Fsp3) is 0.870. The number of carbonyl (C=O) groups excluding carboxylic acids is 3. The van der Waals surface area contributed by atoms with Gasteiger partial charge in [0.05, 0.1) is 12.2 Å². The third-order valence-electron chi connectivity index (χ3n) is 7.70. The van der Waals surface area contributed by atoms with Gasteiger partial charge >= 0.3 is 5.97 Å². The third-order valence-corrected chi connectivity index (χ3v) is 7.70. The van der Waals surface area contributed by atoms with Crippen LogP contribution in [0.3, 0.4) is 0 Å². The van der Waals surface area contributed by atoms with Gasteiger partial charge in [-0.1, -0.05) is 34.1 Å². The van der Waals surface area contributed by atoms with Crippen molar-refractivity contribution in [1.29, 1.82) is 0 Å². The zero-order valence-corrected chi connectivity index (χ0v) is 18.9. The molecule has 166 valence electrons. The van der Waals surface area contributed by atoms with E-state index < -0.39 is 34.4 Å². The van der Waals surface area contributed by atoms with Crippen LogP contribution in [0, 0.1) is 35.0 Å². The van der Waals surface area contributed by atoms with Crippen LogP contribution < -0.4 is 0 Å². The van der Waals surface area contributed by atoms with Crippen LogP contribution in [-0.4, -0.2) is 45.6 Å². The summed E-state index contributed by atoms with van der Waals surface area (Å²) in [5.41, 5.74) is -3.61. The van der Waals surface area contributed by atoms with Gasteiger partial charge in [-0.3, -0.25) is 14.4 Å². The molecule has 2 rings (SSSR count). The molecule has 0 heterocycles. The summed E-state index contributed by atoms with van der Waals surface area (Å²) in [6.07, 6.45) is 1.53. The minimum absolute atomic E-state index is 0.00342. The number of rotatable bonds is 6. The molecule has 2 aliphatic carbocycles. The molecule has 0 spiro atoms. The zero-order chi connectivity index (χ0) is 22.4. The highest BCUT2D eigenvalue weighted by atomic mass is 16.5. The molecule has 0 aromatic carbocycles. The van der Waals surface area contributed by atoms with Crippen LogP contribution in [0.15, 0.2) is 0 Å². The molecule has 0 unspecified atom stereocenters. The molecule has 0 bridgehead atoms. The fourth-order valence-corrected chi connectivity index (χ4v) is 6.78. The topological polar surface area (TPSA) is 101 Å². The van der Waals surface area contributed by atoms with E-state index in [2.05, 4.69) is 0 Å². The van der Waals surface area contributed by atoms with E-state index in [1.807, 2.05) is 27.7 Å². The molecule has 8 atom stereocenters. The summed E-state index contributed by atoms with van der Waals surface area (Å²) in [5, 5.41) is 22.2. The Kier molecular flexibility index (Phi) is 6.71.